The van der Waals surface area contributed by atoms with E-state index in [0.717, 1.165) is 29.8 Å². The molecule has 0 unspecified atom stereocenters. The van der Waals surface area contributed by atoms with Gasteiger partial charge >= 0.3 is 5.97 Å². The van der Waals surface area contributed by atoms with Crippen molar-refractivity contribution in [1.82, 2.24) is 14.6 Å². The lowest BCUT2D eigenvalue weighted by Gasteiger charge is -2.08. The number of hydrogen-bond acceptors (Lipinski definition) is 4. The van der Waals surface area contributed by atoms with Crippen LogP contribution in [0.1, 0.15) is 42.1 Å². The smallest absolute Gasteiger partial charge is 0.357 e. The first-order chi connectivity index (χ1) is 12.0. The maximum absolute atomic E-state index is 13.7. The number of aromatic nitrogens is 3. The summed E-state index contributed by atoms with van der Waals surface area (Å²) in [5, 5.41) is 4.56. The highest BCUT2D eigenvalue weighted by atomic mass is 19.1. The molecule has 3 rings (SSSR count). The Balaban J connectivity index is 2.27. The molecule has 2 heterocycles. The van der Waals surface area contributed by atoms with Crippen molar-refractivity contribution in [3.05, 3.63) is 53.2 Å². The third kappa shape index (κ3) is 3.24. The Bertz CT molecular complexity index is 934. The molecule has 0 spiro atoms. The van der Waals surface area contributed by atoms with Crippen molar-refractivity contribution < 1.29 is 13.9 Å². The molecule has 0 aliphatic rings. The number of carbonyl (C=O) groups excluding carboxylic acids is 1. The number of rotatable bonds is 5. The van der Waals surface area contributed by atoms with E-state index in [1.807, 2.05) is 13.0 Å². The zero-order chi connectivity index (χ0) is 18.0. The van der Waals surface area contributed by atoms with Gasteiger partial charge in [0.25, 0.3) is 0 Å². The SMILES string of the molecule is CCCc1cc(C(=O)OCC)nc2c(-c3cccc(F)c3)c(C)nn12. The van der Waals surface area contributed by atoms with E-state index in [9.17, 15) is 9.18 Å². The van der Waals surface area contributed by atoms with Crippen molar-refractivity contribution in [2.45, 2.75) is 33.6 Å². The highest BCUT2D eigenvalue weighted by molar-refractivity contribution is 5.89. The first kappa shape index (κ1) is 17.1. The molecule has 130 valence electrons. The predicted molar refractivity (Wildman–Crippen MR) is 93.1 cm³/mol. The van der Waals surface area contributed by atoms with Gasteiger partial charge in [0.2, 0.25) is 0 Å². The summed E-state index contributed by atoms with van der Waals surface area (Å²) in [5.41, 5.74) is 3.80. The van der Waals surface area contributed by atoms with Crippen LogP contribution in [0.15, 0.2) is 30.3 Å². The molecule has 0 bridgehead atoms. The van der Waals surface area contributed by atoms with Crippen LogP contribution in [0.4, 0.5) is 4.39 Å². The Hall–Kier alpha value is -2.76. The van der Waals surface area contributed by atoms with Gasteiger partial charge in [0.15, 0.2) is 11.3 Å². The molecule has 3 aromatic rings. The number of hydrogen-bond donors (Lipinski definition) is 0. The van der Waals surface area contributed by atoms with E-state index in [-0.39, 0.29) is 18.1 Å². The lowest BCUT2D eigenvalue weighted by Crippen LogP contribution is -2.11. The molecule has 0 saturated heterocycles. The van der Waals surface area contributed by atoms with Gasteiger partial charge < -0.3 is 4.74 Å². The van der Waals surface area contributed by atoms with Gasteiger partial charge in [0.05, 0.1) is 12.3 Å². The normalized spacial score (nSPS) is 11.0. The molecule has 5 nitrogen and oxygen atoms in total. The second-order valence-electron chi connectivity index (χ2n) is 5.81. The number of fused-ring (bicyclic) bond motifs is 1. The molecule has 0 aliphatic heterocycles. The number of carbonyl (C=O) groups is 1. The first-order valence-corrected chi connectivity index (χ1v) is 8.37. The standard InChI is InChI=1S/C19H20FN3O2/c1-4-7-15-11-16(19(24)25-5-2)21-18-17(12(3)22-23(15)18)13-8-6-9-14(20)10-13/h6,8-11H,4-5,7H2,1-3H3. The summed E-state index contributed by atoms with van der Waals surface area (Å²) in [6.45, 7) is 5.95. The van der Waals surface area contributed by atoms with Gasteiger partial charge in [-0.2, -0.15) is 5.10 Å². The van der Waals surface area contributed by atoms with E-state index in [2.05, 4.69) is 17.0 Å². The molecule has 0 N–H and O–H groups in total. The van der Waals surface area contributed by atoms with Crippen LogP contribution in [0.5, 0.6) is 0 Å². The van der Waals surface area contributed by atoms with Crippen molar-refractivity contribution in [1.29, 1.82) is 0 Å². The van der Waals surface area contributed by atoms with Crippen LogP contribution in [-0.4, -0.2) is 27.2 Å². The van der Waals surface area contributed by atoms with Crippen molar-refractivity contribution >= 4 is 11.6 Å². The minimum absolute atomic E-state index is 0.246. The molecular weight excluding hydrogens is 321 g/mol. The maximum atomic E-state index is 13.7. The first-order valence-electron chi connectivity index (χ1n) is 8.37. The predicted octanol–water partition coefficient (Wildman–Crippen LogP) is 3.97. The molecule has 0 aliphatic carbocycles. The minimum atomic E-state index is -0.466. The van der Waals surface area contributed by atoms with E-state index in [1.165, 1.54) is 12.1 Å². The Kier molecular flexibility index (Phi) is 4.79. The summed E-state index contributed by atoms with van der Waals surface area (Å²) in [6.07, 6.45) is 1.64. The van der Waals surface area contributed by atoms with Crippen LogP contribution in [0, 0.1) is 12.7 Å². The van der Waals surface area contributed by atoms with Crippen molar-refractivity contribution in [3.63, 3.8) is 0 Å². The fraction of sp³-hybridized carbons (Fsp3) is 0.316. The van der Waals surface area contributed by atoms with Gasteiger partial charge in [-0.05, 0) is 44.0 Å². The molecule has 1 aromatic carbocycles. The van der Waals surface area contributed by atoms with Gasteiger partial charge in [-0.1, -0.05) is 25.5 Å². The largest absolute Gasteiger partial charge is 0.461 e. The quantitative estimate of drug-likeness (QED) is 0.659. The summed E-state index contributed by atoms with van der Waals surface area (Å²) in [5.74, 6) is -0.794. The van der Waals surface area contributed by atoms with Crippen molar-refractivity contribution in [2.75, 3.05) is 6.61 Å². The average Bonchev–Trinajstić information content (AvgIpc) is 2.91. The molecule has 25 heavy (non-hydrogen) atoms. The van der Waals surface area contributed by atoms with Crippen LogP contribution >= 0.6 is 0 Å². The van der Waals surface area contributed by atoms with Crippen LogP contribution in [0.3, 0.4) is 0 Å². The van der Waals surface area contributed by atoms with Gasteiger partial charge in [0, 0.05) is 11.3 Å². The van der Waals surface area contributed by atoms with E-state index in [0.29, 0.717) is 11.2 Å². The zero-order valence-corrected chi connectivity index (χ0v) is 14.5. The van der Waals surface area contributed by atoms with E-state index < -0.39 is 5.97 Å². The third-order valence-corrected chi connectivity index (χ3v) is 3.94. The summed E-state index contributed by atoms with van der Waals surface area (Å²) < 4.78 is 20.5. The van der Waals surface area contributed by atoms with Crippen LogP contribution < -0.4 is 0 Å². The summed E-state index contributed by atoms with van der Waals surface area (Å²) >= 11 is 0. The van der Waals surface area contributed by atoms with E-state index in [4.69, 9.17) is 4.74 Å². The Morgan fingerprint density at radius 2 is 2.08 bits per heavy atom. The lowest BCUT2D eigenvalue weighted by molar-refractivity contribution is 0.0519. The van der Waals surface area contributed by atoms with E-state index in [1.54, 1.807) is 23.6 Å². The summed E-state index contributed by atoms with van der Waals surface area (Å²) in [7, 11) is 0. The number of nitrogens with zero attached hydrogens (tertiary/aromatic N) is 3. The van der Waals surface area contributed by atoms with Crippen LogP contribution in [0.25, 0.3) is 16.8 Å². The molecule has 0 radical (unpaired) electrons. The number of aryl methyl sites for hydroxylation is 2. The molecule has 0 amide bonds. The lowest BCUT2D eigenvalue weighted by atomic mass is 10.1. The topological polar surface area (TPSA) is 56.5 Å². The van der Waals surface area contributed by atoms with Gasteiger partial charge in [-0.3, -0.25) is 0 Å². The number of ether oxygens (including phenoxy) is 1. The van der Waals surface area contributed by atoms with Crippen molar-refractivity contribution in [3.8, 4) is 11.1 Å². The summed E-state index contributed by atoms with van der Waals surface area (Å²) in [6, 6.07) is 8.02. The molecule has 6 heteroatoms. The molecule has 0 saturated carbocycles. The highest BCUT2D eigenvalue weighted by Gasteiger charge is 2.19. The Labute approximate surface area is 145 Å². The number of esters is 1. The highest BCUT2D eigenvalue weighted by Crippen LogP contribution is 2.29. The average molecular weight is 341 g/mol. The van der Waals surface area contributed by atoms with E-state index >= 15 is 0 Å². The van der Waals surface area contributed by atoms with Crippen LogP contribution in [-0.2, 0) is 11.2 Å². The van der Waals surface area contributed by atoms with Crippen LogP contribution in [0.2, 0.25) is 0 Å². The Morgan fingerprint density at radius 1 is 1.28 bits per heavy atom. The molecule has 0 atom stereocenters. The summed E-state index contributed by atoms with van der Waals surface area (Å²) in [4.78, 5) is 16.6. The number of benzene rings is 1. The molecule has 2 aromatic heterocycles. The minimum Gasteiger partial charge on any atom is -0.461 e. The van der Waals surface area contributed by atoms with Gasteiger partial charge in [-0.15, -0.1) is 0 Å². The Morgan fingerprint density at radius 3 is 2.76 bits per heavy atom. The molecule has 0 fully saturated rings. The van der Waals surface area contributed by atoms with Crippen molar-refractivity contribution in [2.24, 2.45) is 0 Å². The van der Waals surface area contributed by atoms with Gasteiger partial charge in [0.1, 0.15) is 5.82 Å². The number of halogens is 1. The monoisotopic (exact) mass is 341 g/mol. The van der Waals surface area contributed by atoms with Gasteiger partial charge in [-0.25, -0.2) is 18.7 Å². The second-order valence-corrected chi connectivity index (χ2v) is 5.81. The maximum Gasteiger partial charge on any atom is 0.357 e. The second kappa shape index (κ2) is 7.01. The third-order valence-electron chi connectivity index (χ3n) is 3.94. The fourth-order valence-electron chi connectivity index (χ4n) is 2.91. The molecular formula is C19H20FN3O2. The zero-order valence-electron chi connectivity index (χ0n) is 14.5. The fourth-order valence-corrected chi connectivity index (χ4v) is 2.91.